The number of likely N-dealkylation sites (N-methyl/N-ethyl adjacent to an activating group) is 1. The molecule has 0 aliphatic rings. The first kappa shape index (κ1) is 12.9. The number of nitrogens with zero attached hydrogens (tertiary/aromatic N) is 1. The van der Waals surface area contributed by atoms with E-state index in [9.17, 15) is 9.59 Å². The maximum Gasteiger partial charge on any atom is 0.325 e. The highest BCUT2D eigenvalue weighted by Gasteiger charge is 2.09. The minimum atomic E-state index is -0.414. The van der Waals surface area contributed by atoms with Crippen molar-refractivity contribution in [2.75, 3.05) is 33.4 Å². The van der Waals surface area contributed by atoms with Gasteiger partial charge in [-0.2, -0.15) is 0 Å². The zero-order chi connectivity index (χ0) is 11.0. The van der Waals surface area contributed by atoms with Crippen LogP contribution in [0.1, 0.15) is 13.8 Å². The Hall–Kier alpha value is -1.10. The molecule has 0 rings (SSSR count). The number of amides is 1. The molecule has 1 amide bonds. The van der Waals surface area contributed by atoms with Crippen LogP contribution in [0.15, 0.2) is 0 Å². The van der Waals surface area contributed by atoms with E-state index in [0.29, 0.717) is 13.2 Å². The Labute approximate surface area is 84.0 Å². The zero-order valence-corrected chi connectivity index (χ0v) is 8.91. The van der Waals surface area contributed by atoms with Gasteiger partial charge in [-0.1, -0.05) is 0 Å². The third-order valence-corrected chi connectivity index (χ3v) is 1.60. The van der Waals surface area contributed by atoms with Crippen molar-refractivity contribution < 1.29 is 19.1 Å². The highest BCUT2D eigenvalue weighted by Crippen LogP contribution is 1.87. The molecule has 0 bridgehead atoms. The highest BCUT2D eigenvalue weighted by molar-refractivity contribution is 5.80. The Morgan fingerprint density at radius 1 is 1.29 bits per heavy atom. The minimum Gasteiger partial charge on any atom is -0.462 e. The predicted octanol–water partition coefficient (Wildman–Crippen LogP) is 0.0444. The fourth-order valence-corrected chi connectivity index (χ4v) is 0.709. The van der Waals surface area contributed by atoms with E-state index in [1.807, 2.05) is 6.92 Å². The molecule has 0 spiro atoms. The van der Waals surface area contributed by atoms with Gasteiger partial charge in [0.25, 0.3) is 0 Å². The molecule has 0 unspecified atom stereocenters. The Kier molecular flexibility index (Phi) is 6.74. The number of carbonyl (C=O) groups is 2. The summed E-state index contributed by atoms with van der Waals surface area (Å²) in [5.41, 5.74) is 0. The molecule has 5 nitrogen and oxygen atoms in total. The summed E-state index contributed by atoms with van der Waals surface area (Å²) in [4.78, 5) is 23.1. The molecule has 0 N–H and O–H groups in total. The summed E-state index contributed by atoms with van der Waals surface area (Å²) in [6.07, 6.45) is 0. The third-order valence-electron chi connectivity index (χ3n) is 1.60. The SMILES string of the molecule is CCOCCOC(=O)CN(C)C(C)=O. The quantitative estimate of drug-likeness (QED) is 0.452. The Morgan fingerprint density at radius 2 is 1.93 bits per heavy atom. The topological polar surface area (TPSA) is 55.8 Å². The molecule has 0 saturated carbocycles. The van der Waals surface area contributed by atoms with E-state index in [1.54, 1.807) is 7.05 Å². The van der Waals surface area contributed by atoms with E-state index in [0.717, 1.165) is 0 Å². The van der Waals surface area contributed by atoms with Gasteiger partial charge in [-0.05, 0) is 6.92 Å². The van der Waals surface area contributed by atoms with E-state index in [-0.39, 0.29) is 19.1 Å². The lowest BCUT2D eigenvalue weighted by atomic mass is 10.5. The number of carbonyl (C=O) groups excluding carboxylic acids is 2. The summed E-state index contributed by atoms with van der Waals surface area (Å²) in [6, 6.07) is 0. The molecule has 0 saturated heterocycles. The van der Waals surface area contributed by atoms with Gasteiger partial charge in [0, 0.05) is 20.6 Å². The number of rotatable bonds is 6. The van der Waals surface area contributed by atoms with Gasteiger partial charge < -0.3 is 14.4 Å². The van der Waals surface area contributed by atoms with Crippen molar-refractivity contribution in [3.8, 4) is 0 Å². The lowest BCUT2D eigenvalue weighted by Crippen LogP contribution is -2.31. The van der Waals surface area contributed by atoms with Crippen LogP contribution in [0.5, 0.6) is 0 Å². The van der Waals surface area contributed by atoms with Crippen LogP contribution in [0.25, 0.3) is 0 Å². The van der Waals surface area contributed by atoms with Crippen molar-refractivity contribution in [1.82, 2.24) is 4.90 Å². The molecular weight excluding hydrogens is 186 g/mol. The van der Waals surface area contributed by atoms with E-state index in [4.69, 9.17) is 9.47 Å². The number of esters is 1. The molecule has 0 heterocycles. The Bertz CT molecular complexity index is 193. The summed E-state index contributed by atoms with van der Waals surface area (Å²) in [5.74, 6) is -0.575. The largest absolute Gasteiger partial charge is 0.462 e. The van der Waals surface area contributed by atoms with E-state index >= 15 is 0 Å². The summed E-state index contributed by atoms with van der Waals surface area (Å²) in [5, 5.41) is 0. The summed E-state index contributed by atoms with van der Waals surface area (Å²) in [6.45, 7) is 4.48. The van der Waals surface area contributed by atoms with Crippen molar-refractivity contribution >= 4 is 11.9 Å². The monoisotopic (exact) mass is 203 g/mol. The van der Waals surface area contributed by atoms with Gasteiger partial charge in [0.2, 0.25) is 5.91 Å². The average Bonchev–Trinajstić information content (AvgIpc) is 2.12. The number of hydrogen-bond donors (Lipinski definition) is 0. The van der Waals surface area contributed by atoms with Gasteiger partial charge in [0.1, 0.15) is 13.2 Å². The van der Waals surface area contributed by atoms with Crippen molar-refractivity contribution in [3.05, 3.63) is 0 Å². The number of hydrogen-bond acceptors (Lipinski definition) is 4. The molecule has 0 aromatic carbocycles. The van der Waals surface area contributed by atoms with Crippen molar-refractivity contribution in [2.24, 2.45) is 0 Å². The molecular formula is C9H17NO4. The van der Waals surface area contributed by atoms with Gasteiger partial charge in [0.15, 0.2) is 0 Å². The van der Waals surface area contributed by atoms with E-state index in [2.05, 4.69) is 0 Å². The van der Waals surface area contributed by atoms with Crippen molar-refractivity contribution in [1.29, 1.82) is 0 Å². The van der Waals surface area contributed by atoms with E-state index in [1.165, 1.54) is 11.8 Å². The maximum atomic E-state index is 11.0. The molecule has 5 heteroatoms. The molecule has 0 fully saturated rings. The second-order valence-corrected chi connectivity index (χ2v) is 2.79. The summed E-state index contributed by atoms with van der Waals surface area (Å²) in [7, 11) is 1.55. The Morgan fingerprint density at radius 3 is 2.43 bits per heavy atom. The zero-order valence-electron chi connectivity index (χ0n) is 8.91. The predicted molar refractivity (Wildman–Crippen MR) is 50.8 cm³/mol. The standard InChI is InChI=1S/C9H17NO4/c1-4-13-5-6-14-9(12)7-10(3)8(2)11/h4-7H2,1-3H3. The van der Waals surface area contributed by atoms with Crippen LogP contribution in [0.3, 0.4) is 0 Å². The average molecular weight is 203 g/mol. The summed E-state index contributed by atoms with van der Waals surface area (Å²) < 4.78 is 9.79. The van der Waals surface area contributed by atoms with Crippen LogP contribution in [0.2, 0.25) is 0 Å². The normalized spacial score (nSPS) is 9.64. The lowest BCUT2D eigenvalue weighted by molar-refractivity contribution is -0.149. The van der Waals surface area contributed by atoms with Gasteiger partial charge in [-0.25, -0.2) is 0 Å². The second-order valence-electron chi connectivity index (χ2n) is 2.79. The van der Waals surface area contributed by atoms with Crippen LogP contribution in [-0.2, 0) is 19.1 Å². The fourth-order valence-electron chi connectivity index (χ4n) is 0.709. The smallest absolute Gasteiger partial charge is 0.325 e. The van der Waals surface area contributed by atoms with Crippen LogP contribution >= 0.6 is 0 Å². The lowest BCUT2D eigenvalue weighted by Gasteiger charge is -2.13. The fraction of sp³-hybridized carbons (Fsp3) is 0.778. The van der Waals surface area contributed by atoms with Gasteiger partial charge >= 0.3 is 5.97 Å². The molecule has 14 heavy (non-hydrogen) atoms. The van der Waals surface area contributed by atoms with Gasteiger partial charge in [0.05, 0.1) is 6.61 Å². The maximum absolute atomic E-state index is 11.0. The Balaban J connectivity index is 3.50. The summed E-state index contributed by atoms with van der Waals surface area (Å²) >= 11 is 0. The molecule has 0 aliphatic carbocycles. The molecule has 0 atom stereocenters. The molecule has 82 valence electrons. The van der Waals surface area contributed by atoms with E-state index < -0.39 is 5.97 Å². The van der Waals surface area contributed by atoms with Crippen LogP contribution in [0, 0.1) is 0 Å². The second kappa shape index (κ2) is 7.32. The number of ether oxygens (including phenoxy) is 2. The highest BCUT2D eigenvalue weighted by atomic mass is 16.6. The minimum absolute atomic E-state index is 0.0124. The molecule has 0 aliphatic heterocycles. The molecule has 0 aromatic rings. The molecule has 0 radical (unpaired) electrons. The first-order valence-corrected chi connectivity index (χ1v) is 4.53. The first-order valence-electron chi connectivity index (χ1n) is 4.53. The van der Waals surface area contributed by atoms with Crippen LogP contribution < -0.4 is 0 Å². The van der Waals surface area contributed by atoms with Crippen molar-refractivity contribution in [2.45, 2.75) is 13.8 Å². The van der Waals surface area contributed by atoms with Crippen LogP contribution in [0.4, 0.5) is 0 Å². The van der Waals surface area contributed by atoms with Crippen molar-refractivity contribution in [3.63, 3.8) is 0 Å². The van der Waals surface area contributed by atoms with Gasteiger partial charge in [-0.3, -0.25) is 9.59 Å². The molecule has 0 aromatic heterocycles. The first-order chi connectivity index (χ1) is 6.57. The van der Waals surface area contributed by atoms with Crippen LogP contribution in [-0.4, -0.2) is 50.2 Å². The van der Waals surface area contributed by atoms with Gasteiger partial charge in [-0.15, -0.1) is 0 Å². The third kappa shape index (κ3) is 6.42.